The summed E-state index contributed by atoms with van der Waals surface area (Å²) < 4.78 is 5.69. The first-order valence-electron chi connectivity index (χ1n) is 6.41. The monoisotopic (exact) mass is 233 g/mol. The Labute approximate surface area is 102 Å². The molecule has 0 radical (unpaired) electrons. The van der Waals surface area contributed by atoms with Crippen LogP contribution < -0.4 is 10.5 Å². The van der Waals surface area contributed by atoms with E-state index in [4.69, 9.17) is 10.5 Å². The molecule has 3 N–H and O–H groups in total. The molecule has 2 aliphatic carbocycles. The molecule has 2 atom stereocenters. The Morgan fingerprint density at radius 1 is 1.18 bits per heavy atom. The highest BCUT2D eigenvalue weighted by Gasteiger charge is 2.37. The molecule has 0 bridgehead atoms. The van der Waals surface area contributed by atoms with E-state index in [1.54, 1.807) is 0 Å². The molecule has 0 spiro atoms. The van der Waals surface area contributed by atoms with E-state index in [0.717, 1.165) is 24.2 Å². The standard InChI is InChI=1S/C14H19NO2/c15-11-7-8-14(16,9-11)10-1-3-12(4-2-10)17-13-5-6-13/h1-4,11,13,16H,5-9,15H2. The van der Waals surface area contributed by atoms with Gasteiger partial charge in [0.1, 0.15) is 5.75 Å². The van der Waals surface area contributed by atoms with Crippen molar-refractivity contribution >= 4 is 0 Å². The topological polar surface area (TPSA) is 55.5 Å². The van der Waals surface area contributed by atoms with E-state index in [1.807, 2.05) is 24.3 Å². The van der Waals surface area contributed by atoms with E-state index >= 15 is 0 Å². The predicted octanol–water partition coefficient (Wildman–Crippen LogP) is 1.93. The van der Waals surface area contributed by atoms with E-state index in [-0.39, 0.29) is 6.04 Å². The molecule has 0 aliphatic heterocycles. The Morgan fingerprint density at radius 2 is 1.88 bits per heavy atom. The van der Waals surface area contributed by atoms with E-state index in [1.165, 1.54) is 12.8 Å². The minimum atomic E-state index is -0.725. The van der Waals surface area contributed by atoms with Gasteiger partial charge in [0.15, 0.2) is 0 Å². The van der Waals surface area contributed by atoms with Crippen LogP contribution in [0, 0.1) is 0 Å². The second-order valence-electron chi connectivity index (χ2n) is 5.38. The average molecular weight is 233 g/mol. The summed E-state index contributed by atoms with van der Waals surface area (Å²) in [6, 6.07) is 7.97. The van der Waals surface area contributed by atoms with E-state index in [9.17, 15) is 5.11 Å². The summed E-state index contributed by atoms with van der Waals surface area (Å²) in [5.74, 6) is 0.905. The molecule has 2 fully saturated rings. The average Bonchev–Trinajstić information content (AvgIpc) is 3.05. The summed E-state index contributed by atoms with van der Waals surface area (Å²) in [6.45, 7) is 0. The lowest BCUT2D eigenvalue weighted by molar-refractivity contribution is 0.0430. The molecule has 0 heterocycles. The quantitative estimate of drug-likeness (QED) is 0.838. The van der Waals surface area contributed by atoms with Crippen molar-refractivity contribution in [3.05, 3.63) is 29.8 Å². The first-order valence-corrected chi connectivity index (χ1v) is 6.41. The van der Waals surface area contributed by atoms with Gasteiger partial charge in [-0.1, -0.05) is 12.1 Å². The fraction of sp³-hybridized carbons (Fsp3) is 0.571. The van der Waals surface area contributed by atoms with Crippen LogP contribution in [0.1, 0.15) is 37.7 Å². The fourth-order valence-corrected chi connectivity index (χ4v) is 2.55. The third-order valence-corrected chi connectivity index (χ3v) is 3.75. The minimum absolute atomic E-state index is 0.127. The summed E-state index contributed by atoms with van der Waals surface area (Å²) >= 11 is 0. The maximum Gasteiger partial charge on any atom is 0.119 e. The van der Waals surface area contributed by atoms with Crippen molar-refractivity contribution in [2.75, 3.05) is 0 Å². The SMILES string of the molecule is NC1CCC(O)(c2ccc(OC3CC3)cc2)C1. The Hall–Kier alpha value is -1.06. The van der Waals surface area contributed by atoms with Gasteiger partial charge in [-0.05, 0) is 49.8 Å². The number of hydrogen-bond acceptors (Lipinski definition) is 3. The molecule has 2 aliphatic rings. The van der Waals surface area contributed by atoms with Gasteiger partial charge in [0.05, 0.1) is 11.7 Å². The fourth-order valence-electron chi connectivity index (χ4n) is 2.55. The zero-order chi connectivity index (χ0) is 11.9. The predicted molar refractivity (Wildman–Crippen MR) is 65.8 cm³/mol. The second kappa shape index (κ2) is 4.00. The highest BCUT2D eigenvalue weighted by molar-refractivity contribution is 5.32. The zero-order valence-electron chi connectivity index (χ0n) is 9.93. The van der Waals surface area contributed by atoms with Crippen molar-refractivity contribution < 1.29 is 9.84 Å². The van der Waals surface area contributed by atoms with Crippen LogP contribution in [0.25, 0.3) is 0 Å². The smallest absolute Gasteiger partial charge is 0.119 e. The number of hydrogen-bond donors (Lipinski definition) is 2. The molecule has 1 aromatic rings. The molecule has 0 aromatic heterocycles. The van der Waals surface area contributed by atoms with Crippen molar-refractivity contribution in [1.29, 1.82) is 0 Å². The van der Waals surface area contributed by atoms with Crippen molar-refractivity contribution in [2.45, 2.75) is 49.9 Å². The van der Waals surface area contributed by atoms with Crippen LogP contribution in [-0.4, -0.2) is 17.3 Å². The third kappa shape index (κ3) is 2.31. The number of ether oxygens (including phenoxy) is 1. The summed E-state index contributed by atoms with van der Waals surface area (Å²) in [7, 11) is 0. The number of benzene rings is 1. The summed E-state index contributed by atoms with van der Waals surface area (Å²) in [4.78, 5) is 0. The maximum atomic E-state index is 10.5. The molecule has 2 saturated carbocycles. The Balaban J connectivity index is 1.74. The van der Waals surface area contributed by atoms with Crippen LogP contribution in [0.3, 0.4) is 0 Å². The molecular weight excluding hydrogens is 214 g/mol. The molecule has 92 valence electrons. The van der Waals surface area contributed by atoms with Crippen LogP contribution in [0.2, 0.25) is 0 Å². The van der Waals surface area contributed by atoms with Gasteiger partial charge in [-0.15, -0.1) is 0 Å². The lowest BCUT2D eigenvalue weighted by Crippen LogP contribution is -2.25. The first kappa shape index (κ1) is 11.1. The largest absolute Gasteiger partial charge is 0.490 e. The van der Waals surface area contributed by atoms with Crippen molar-refractivity contribution in [2.24, 2.45) is 5.73 Å². The lowest BCUT2D eigenvalue weighted by Gasteiger charge is -2.23. The molecule has 3 heteroatoms. The van der Waals surface area contributed by atoms with Gasteiger partial charge in [0, 0.05) is 6.04 Å². The van der Waals surface area contributed by atoms with Gasteiger partial charge in [0.25, 0.3) is 0 Å². The highest BCUT2D eigenvalue weighted by atomic mass is 16.5. The van der Waals surface area contributed by atoms with Crippen LogP contribution in [0.5, 0.6) is 5.75 Å². The molecule has 3 nitrogen and oxygen atoms in total. The second-order valence-corrected chi connectivity index (χ2v) is 5.38. The van der Waals surface area contributed by atoms with Crippen LogP contribution in [0.4, 0.5) is 0 Å². The van der Waals surface area contributed by atoms with Crippen molar-refractivity contribution in [3.8, 4) is 5.75 Å². The van der Waals surface area contributed by atoms with Crippen LogP contribution >= 0.6 is 0 Å². The molecular formula is C14H19NO2. The molecule has 0 amide bonds. The normalized spacial score (nSPS) is 32.7. The van der Waals surface area contributed by atoms with Gasteiger partial charge in [-0.2, -0.15) is 0 Å². The Bertz CT molecular complexity index is 399. The van der Waals surface area contributed by atoms with Crippen LogP contribution in [-0.2, 0) is 5.60 Å². The molecule has 1 aromatic carbocycles. The van der Waals surface area contributed by atoms with Gasteiger partial charge >= 0.3 is 0 Å². The molecule has 17 heavy (non-hydrogen) atoms. The van der Waals surface area contributed by atoms with Gasteiger partial charge < -0.3 is 15.6 Å². The minimum Gasteiger partial charge on any atom is -0.490 e. The maximum absolute atomic E-state index is 10.5. The van der Waals surface area contributed by atoms with E-state index < -0.39 is 5.60 Å². The summed E-state index contributed by atoms with van der Waals surface area (Å²) in [5, 5.41) is 10.5. The zero-order valence-corrected chi connectivity index (χ0v) is 9.93. The Morgan fingerprint density at radius 3 is 2.41 bits per heavy atom. The van der Waals surface area contributed by atoms with E-state index in [0.29, 0.717) is 12.5 Å². The summed E-state index contributed by atoms with van der Waals surface area (Å²) in [6.07, 6.45) is 5.08. The van der Waals surface area contributed by atoms with Crippen molar-refractivity contribution in [1.82, 2.24) is 0 Å². The van der Waals surface area contributed by atoms with Crippen LogP contribution in [0.15, 0.2) is 24.3 Å². The number of rotatable bonds is 3. The Kier molecular flexibility index (Phi) is 2.60. The summed E-state index contributed by atoms with van der Waals surface area (Å²) in [5.41, 5.74) is 6.11. The van der Waals surface area contributed by atoms with Gasteiger partial charge in [-0.3, -0.25) is 0 Å². The first-order chi connectivity index (χ1) is 8.16. The van der Waals surface area contributed by atoms with Gasteiger partial charge in [-0.25, -0.2) is 0 Å². The molecule has 0 saturated heterocycles. The highest BCUT2D eigenvalue weighted by Crippen LogP contribution is 2.38. The number of aliphatic hydroxyl groups is 1. The number of nitrogens with two attached hydrogens (primary N) is 1. The molecule has 2 unspecified atom stereocenters. The van der Waals surface area contributed by atoms with E-state index in [2.05, 4.69) is 0 Å². The third-order valence-electron chi connectivity index (χ3n) is 3.75. The lowest BCUT2D eigenvalue weighted by atomic mass is 9.92. The van der Waals surface area contributed by atoms with Crippen molar-refractivity contribution in [3.63, 3.8) is 0 Å². The molecule has 3 rings (SSSR count). The van der Waals surface area contributed by atoms with Gasteiger partial charge in [0.2, 0.25) is 0 Å².